The topological polar surface area (TPSA) is 96.0 Å². The van der Waals surface area contributed by atoms with E-state index in [1.807, 2.05) is 0 Å². The smallest absolute Gasteiger partial charge is 0.266 e. The van der Waals surface area contributed by atoms with Crippen molar-refractivity contribution in [2.24, 2.45) is 0 Å². The number of carbonyl (C=O) groups is 4. The van der Waals surface area contributed by atoms with Crippen LogP contribution < -0.4 is 19.9 Å². The summed E-state index contributed by atoms with van der Waals surface area (Å²) in [6.07, 6.45) is 5.56. The summed E-state index contributed by atoms with van der Waals surface area (Å²) < 4.78 is 20.1. The molecule has 156 valence electrons. The first-order chi connectivity index (χ1) is 14.8. The zero-order chi connectivity index (χ0) is 22.3. The van der Waals surface area contributed by atoms with Crippen LogP contribution in [0.3, 0.4) is 0 Å². The molecule has 0 fully saturated rings. The van der Waals surface area contributed by atoms with Crippen molar-refractivity contribution in [3.8, 4) is 18.1 Å². The van der Waals surface area contributed by atoms with Crippen molar-refractivity contribution in [1.82, 2.24) is 0 Å². The second-order valence-electron chi connectivity index (χ2n) is 6.85. The minimum Gasteiger partial charge on any atom is -0.481 e. The number of rotatable bonds is 4. The Bertz CT molecular complexity index is 1200. The summed E-state index contributed by atoms with van der Waals surface area (Å²) in [4.78, 5) is 51.6. The van der Waals surface area contributed by atoms with Crippen LogP contribution in [0.1, 0.15) is 34.1 Å². The molecule has 2 heterocycles. The van der Waals surface area contributed by atoms with Crippen LogP contribution in [-0.4, -0.2) is 36.8 Å². The summed E-state index contributed by atoms with van der Waals surface area (Å²) in [5.41, 5.74) is 0.287. The highest BCUT2D eigenvalue weighted by Crippen LogP contribution is 2.40. The Morgan fingerprint density at radius 2 is 1.90 bits per heavy atom. The van der Waals surface area contributed by atoms with Crippen LogP contribution in [0.4, 0.5) is 21.5 Å². The highest BCUT2D eigenvalue weighted by molar-refractivity contribution is 6.35. The minimum absolute atomic E-state index is 0.0313. The predicted octanol–water partition coefficient (Wildman–Crippen LogP) is 2.33. The van der Waals surface area contributed by atoms with E-state index < -0.39 is 23.5 Å². The Morgan fingerprint density at radius 3 is 2.61 bits per heavy atom. The van der Waals surface area contributed by atoms with Crippen molar-refractivity contribution in [3.63, 3.8) is 0 Å². The maximum Gasteiger partial charge on any atom is 0.266 e. The first-order valence-electron chi connectivity index (χ1n) is 9.38. The number of nitrogens with zero attached hydrogens (tertiary/aromatic N) is 2. The zero-order valence-electron chi connectivity index (χ0n) is 16.4. The summed E-state index contributed by atoms with van der Waals surface area (Å²) in [7, 11) is 0. The molecule has 9 heteroatoms. The van der Waals surface area contributed by atoms with E-state index in [0.717, 1.165) is 6.07 Å². The number of amides is 4. The van der Waals surface area contributed by atoms with Gasteiger partial charge in [0.2, 0.25) is 5.91 Å². The maximum absolute atomic E-state index is 14.9. The monoisotopic (exact) mass is 421 g/mol. The Labute approximate surface area is 176 Å². The van der Waals surface area contributed by atoms with Gasteiger partial charge in [-0.2, -0.15) is 0 Å². The summed E-state index contributed by atoms with van der Waals surface area (Å²) in [5.74, 6) is -0.608. The van der Waals surface area contributed by atoms with Gasteiger partial charge in [-0.05, 0) is 24.3 Å². The summed E-state index contributed by atoms with van der Waals surface area (Å²) in [5, 5.41) is 2.61. The van der Waals surface area contributed by atoms with E-state index in [2.05, 4.69) is 11.2 Å². The average Bonchev–Trinajstić information content (AvgIpc) is 2.99. The summed E-state index contributed by atoms with van der Waals surface area (Å²) in [6, 6.07) is 6.47. The van der Waals surface area contributed by atoms with E-state index in [0.29, 0.717) is 10.6 Å². The van der Waals surface area contributed by atoms with Gasteiger partial charge in [0.1, 0.15) is 5.75 Å². The Balaban J connectivity index is 1.75. The fourth-order valence-electron chi connectivity index (χ4n) is 3.43. The number of anilines is 3. The number of nitrogens with one attached hydrogen (secondary N) is 1. The highest BCUT2D eigenvalue weighted by Gasteiger charge is 2.39. The molecule has 8 nitrogen and oxygen atoms in total. The number of terminal acetylenes is 1. The molecule has 4 rings (SSSR count). The first-order valence-corrected chi connectivity index (χ1v) is 9.38. The average molecular weight is 421 g/mol. The summed E-state index contributed by atoms with van der Waals surface area (Å²) in [6.45, 7) is 1.30. The molecule has 0 aromatic heterocycles. The molecular weight excluding hydrogens is 405 g/mol. The second kappa shape index (κ2) is 7.57. The lowest BCUT2D eigenvalue weighted by Gasteiger charge is -2.29. The molecule has 4 amide bonds. The fraction of sp³-hybridized carbons (Fsp3) is 0.182. The van der Waals surface area contributed by atoms with Gasteiger partial charge in [-0.3, -0.25) is 24.1 Å². The van der Waals surface area contributed by atoms with Crippen molar-refractivity contribution in [2.45, 2.75) is 13.3 Å². The number of benzene rings is 2. The maximum atomic E-state index is 14.9. The van der Waals surface area contributed by atoms with Crippen LogP contribution in [0.2, 0.25) is 0 Å². The molecule has 2 aromatic rings. The Hall–Kier alpha value is -4.19. The van der Waals surface area contributed by atoms with E-state index in [1.165, 1.54) is 29.2 Å². The number of halogens is 1. The van der Waals surface area contributed by atoms with Crippen LogP contribution in [0, 0.1) is 18.2 Å². The summed E-state index contributed by atoms with van der Waals surface area (Å²) >= 11 is 0. The lowest BCUT2D eigenvalue weighted by molar-refractivity contribution is -0.121. The van der Waals surface area contributed by atoms with Gasteiger partial charge in [-0.1, -0.05) is 12.8 Å². The number of fused-ring (bicyclic) bond motifs is 2. The molecule has 0 aliphatic carbocycles. The van der Waals surface area contributed by atoms with E-state index in [-0.39, 0.29) is 53.7 Å². The van der Waals surface area contributed by atoms with Crippen LogP contribution in [0.5, 0.6) is 5.75 Å². The molecule has 0 spiro atoms. The third kappa shape index (κ3) is 3.28. The molecule has 0 atom stereocenters. The molecule has 2 aliphatic heterocycles. The minimum atomic E-state index is -0.872. The quantitative estimate of drug-likeness (QED) is 0.604. The highest BCUT2D eigenvalue weighted by atomic mass is 19.1. The van der Waals surface area contributed by atoms with Crippen molar-refractivity contribution in [3.05, 3.63) is 47.3 Å². The molecule has 0 unspecified atom stereocenters. The van der Waals surface area contributed by atoms with Crippen LogP contribution in [-0.2, 0) is 9.59 Å². The molecule has 2 aromatic carbocycles. The standard InChI is InChI=1S/C22H16FN3O5/c1-3-7-25-17-10-16(15(23)9-18(17)31-11-20(25)28)26-21(29)13-6-5-12(24-19(27)4-2)8-14(13)22(26)30/h1,5-6,8-10H,4,7,11H2,2H3,(H,24,27). The molecule has 1 N–H and O–H groups in total. The van der Waals surface area contributed by atoms with Crippen molar-refractivity contribution in [1.29, 1.82) is 0 Å². The number of imide groups is 1. The number of carbonyl (C=O) groups excluding carboxylic acids is 4. The lowest BCUT2D eigenvalue weighted by Crippen LogP contribution is -2.39. The molecule has 0 bridgehead atoms. The molecular formula is C22H16FN3O5. The SMILES string of the molecule is C#CCN1C(=O)COc2cc(F)c(N3C(=O)c4ccc(NC(=O)CC)cc4C3=O)cc21. The van der Waals surface area contributed by atoms with Gasteiger partial charge < -0.3 is 10.1 Å². The third-order valence-electron chi connectivity index (χ3n) is 4.95. The number of ether oxygens (including phenoxy) is 1. The Kier molecular flexibility index (Phi) is 4.91. The largest absolute Gasteiger partial charge is 0.481 e. The van der Waals surface area contributed by atoms with Gasteiger partial charge in [0, 0.05) is 18.2 Å². The van der Waals surface area contributed by atoms with E-state index in [1.54, 1.807) is 6.92 Å². The van der Waals surface area contributed by atoms with Crippen molar-refractivity contribution in [2.75, 3.05) is 28.3 Å². The van der Waals surface area contributed by atoms with Crippen molar-refractivity contribution >= 4 is 40.7 Å². The molecule has 31 heavy (non-hydrogen) atoms. The van der Waals surface area contributed by atoms with E-state index in [9.17, 15) is 23.6 Å². The van der Waals surface area contributed by atoms with Gasteiger partial charge >= 0.3 is 0 Å². The van der Waals surface area contributed by atoms with Gasteiger partial charge in [-0.15, -0.1) is 6.42 Å². The molecule has 2 aliphatic rings. The zero-order valence-corrected chi connectivity index (χ0v) is 16.4. The van der Waals surface area contributed by atoms with Gasteiger partial charge in [0.25, 0.3) is 17.7 Å². The second-order valence-corrected chi connectivity index (χ2v) is 6.85. The fourth-order valence-corrected chi connectivity index (χ4v) is 3.43. The number of hydrogen-bond donors (Lipinski definition) is 1. The van der Waals surface area contributed by atoms with Gasteiger partial charge in [0.15, 0.2) is 12.4 Å². The molecule has 0 saturated heterocycles. The number of hydrogen-bond acceptors (Lipinski definition) is 5. The first kappa shape index (κ1) is 20.1. The third-order valence-corrected chi connectivity index (χ3v) is 4.95. The Morgan fingerprint density at radius 1 is 1.16 bits per heavy atom. The van der Waals surface area contributed by atoms with Gasteiger partial charge in [-0.25, -0.2) is 9.29 Å². The molecule has 0 saturated carbocycles. The molecule has 0 radical (unpaired) electrons. The van der Waals surface area contributed by atoms with Gasteiger partial charge in [0.05, 0.1) is 29.0 Å². The van der Waals surface area contributed by atoms with Crippen LogP contribution in [0.15, 0.2) is 30.3 Å². The van der Waals surface area contributed by atoms with Crippen LogP contribution >= 0.6 is 0 Å². The van der Waals surface area contributed by atoms with E-state index >= 15 is 0 Å². The van der Waals surface area contributed by atoms with Crippen molar-refractivity contribution < 1.29 is 28.3 Å². The predicted molar refractivity (Wildman–Crippen MR) is 110 cm³/mol. The lowest BCUT2D eigenvalue weighted by atomic mass is 10.1. The van der Waals surface area contributed by atoms with Crippen LogP contribution in [0.25, 0.3) is 0 Å². The van der Waals surface area contributed by atoms with E-state index in [4.69, 9.17) is 11.2 Å². The normalized spacial score (nSPS) is 14.7.